The van der Waals surface area contributed by atoms with Gasteiger partial charge < -0.3 is 28.9 Å². The molecule has 7 rings (SSSR count). The van der Waals surface area contributed by atoms with Gasteiger partial charge in [-0.2, -0.15) is 0 Å². The Balaban J connectivity index is 1.39. The van der Waals surface area contributed by atoms with Crippen LogP contribution in [0.3, 0.4) is 0 Å². The second kappa shape index (κ2) is 13.3. The first kappa shape index (κ1) is 34.5. The molecule has 0 radical (unpaired) electrons. The Morgan fingerprint density at radius 2 is 1.75 bits per heavy atom. The molecule has 1 fully saturated rings. The number of aryl methyl sites for hydroxylation is 2. The number of piperazine rings is 1. The zero-order valence-corrected chi connectivity index (χ0v) is 30.2. The van der Waals surface area contributed by atoms with E-state index in [0.29, 0.717) is 58.1 Å². The summed E-state index contributed by atoms with van der Waals surface area (Å²) >= 11 is 0. The Labute approximate surface area is 297 Å². The number of anilines is 1. The van der Waals surface area contributed by atoms with E-state index in [-0.39, 0.29) is 5.75 Å². The number of carboxylic acid groups (broad SMARTS) is 1. The van der Waals surface area contributed by atoms with E-state index in [1.807, 2.05) is 69.9 Å². The highest BCUT2D eigenvalue weighted by molar-refractivity contribution is 6.01. The van der Waals surface area contributed by atoms with Crippen LogP contribution in [-0.2, 0) is 23.0 Å². The molecule has 0 bridgehead atoms. The molecule has 1 N–H and O–H groups in total. The minimum atomic E-state index is -1.35. The molecule has 4 aromatic heterocycles. The zero-order valence-electron chi connectivity index (χ0n) is 30.2. The van der Waals surface area contributed by atoms with E-state index in [2.05, 4.69) is 31.8 Å². The van der Waals surface area contributed by atoms with Crippen LogP contribution in [0.15, 0.2) is 42.9 Å². The summed E-state index contributed by atoms with van der Waals surface area (Å²) in [6, 6.07) is 7.38. The number of fused-ring (bicyclic) bond motifs is 2. The number of carboxylic acids is 1. The van der Waals surface area contributed by atoms with Crippen molar-refractivity contribution in [3.05, 3.63) is 71.1 Å². The van der Waals surface area contributed by atoms with Gasteiger partial charge in [-0.25, -0.2) is 24.1 Å². The largest absolute Gasteiger partial charge is 0.490 e. The van der Waals surface area contributed by atoms with Crippen LogP contribution in [-0.4, -0.2) is 85.9 Å². The first-order chi connectivity index (χ1) is 24.3. The first-order valence-corrected chi connectivity index (χ1v) is 17.4. The maximum absolute atomic E-state index is 15.8. The molecule has 51 heavy (non-hydrogen) atoms. The summed E-state index contributed by atoms with van der Waals surface area (Å²) in [5.41, 5.74) is 6.76. The van der Waals surface area contributed by atoms with Crippen molar-refractivity contribution >= 4 is 23.0 Å². The maximum atomic E-state index is 15.8. The second-order valence-electron chi connectivity index (χ2n) is 14.5. The van der Waals surface area contributed by atoms with Gasteiger partial charge in [0.1, 0.15) is 5.65 Å². The minimum absolute atomic E-state index is 0.269. The highest BCUT2D eigenvalue weighted by atomic mass is 19.1. The first-order valence-electron chi connectivity index (χ1n) is 17.4. The van der Waals surface area contributed by atoms with Gasteiger partial charge >= 0.3 is 5.97 Å². The fourth-order valence-corrected chi connectivity index (χ4v) is 7.22. The van der Waals surface area contributed by atoms with Crippen LogP contribution in [0.2, 0.25) is 0 Å². The van der Waals surface area contributed by atoms with Crippen molar-refractivity contribution in [2.24, 2.45) is 7.05 Å². The number of halogens is 1. The van der Waals surface area contributed by atoms with Crippen LogP contribution in [0.4, 0.5) is 10.3 Å². The van der Waals surface area contributed by atoms with E-state index < -0.39 is 23.5 Å². The van der Waals surface area contributed by atoms with Gasteiger partial charge in [0.15, 0.2) is 17.7 Å². The third-order valence-electron chi connectivity index (χ3n) is 9.84. The molecule has 6 heterocycles. The third kappa shape index (κ3) is 6.54. The summed E-state index contributed by atoms with van der Waals surface area (Å²) in [6.07, 6.45) is 5.45. The smallest absolute Gasteiger partial charge is 0.337 e. The minimum Gasteiger partial charge on any atom is -0.490 e. The van der Waals surface area contributed by atoms with Gasteiger partial charge in [-0.3, -0.25) is 4.98 Å². The van der Waals surface area contributed by atoms with Gasteiger partial charge in [0, 0.05) is 90.7 Å². The van der Waals surface area contributed by atoms with Gasteiger partial charge in [-0.15, -0.1) is 0 Å². The van der Waals surface area contributed by atoms with E-state index in [1.54, 1.807) is 13.1 Å². The number of hydrogen-bond donors (Lipinski definition) is 1. The molecule has 11 nitrogen and oxygen atoms in total. The average molecular weight is 694 g/mol. The molecule has 0 amide bonds. The molecule has 266 valence electrons. The Hall–Kier alpha value is -4.94. The fraction of sp³-hybridized carbons (Fsp3) is 0.410. The van der Waals surface area contributed by atoms with Crippen molar-refractivity contribution in [1.82, 2.24) is 29.4 Å². The SMILES string of the molecule is Cc1nc2c(cc(-c3ccnc(-c4cnc(N5CCN(C)CC5)nc4)c3)n2C)c(-c2cc(F)c3c(c2C)CCCO3)c1[C@H](OC(C)(C)C)C(=O)O. The molecule has 0 aliphatic carbocycles. The van der Waals surface area contributed by atoms with E-state index in [1.165, 1.54) is 6.07 Å². The van der Waals surface area contributed by atoms with Gasteiger partial charge in [-0.1, -0.05) is 0 Å². The highest BCUT2D eigenvalue weighted by Crippen LogP contribution is 2.45. The molecule has 0 saturated carbocycles. The van der Waals surface area contributed by atoms with Crippen LogP contribution < -0.4 is 9.64 Å². The summed E-state index contributed by atoms with van der Waals surface area (Å²) in [5, 5.41) is 11.3. The lowest BCUT2D eigenvalue weighted by Crippen LogP contribution is -2.45. The van der Waals surface area contributed by atoms with Gasteiger partial charge in [0.25, 0.3) is 0 Å². The van der Waals surface area contributed by atoms with Crippen molar-refractivity contribution < 1.29 is 23.8 Å². The third-order valence-corrected chi connectivity index (χ3v) is 9.84. The summed E-state index contributed by atoms with van der Waals surface area (Å²) in [5.74, 6) is -0.647. The van der Waals surface area contributed by atoms with E-state index in [0.717, 1.165) is 60.5 Å². The summed E-state index contributed by atoms with van der Waals surface area (Å²) < 4.78 is 29.8. The molecule has 2 aliphatic rings. The van der Waals surface area contributed by atoms with Crippen molar-refractivity contribution in [1.29, 1.82) is 0 Å². The molecule has 0 spiro atoms. The normalized spacial score (nSPS) is 15.9. The lowest BCUT2D eigenvalue weighted by Gasteiger charge is -2.32. The number of ether oxygens (including phenoxy) is 2. The zero-order chi connectivity index (χ0) is 36.2. The number of benzene rings is 1. The monoisotopic (exact) mass is 693 g/mol. The topological polar surface area (TPSA) is 119 Å². The molecule has 1 saturated heterocycles. The Bertz CT molecular complexity index is 2130. The molecule has 12 heteroatoms. The lowest BCUT2D eigenvalue weighted by atomic mass is 9.86. The number of hydrogen-bond acceptors (Lipinski definition) is 9. The van der Waals surface area contributed by atoms with Crippen molar-refractivity contribution in [2.45, 2.75) is 59.2 Å². The van der Waals surface area contributed by atoms with Crippen LogP contribution in [0.5, 0.6) is 5.75 Å². The van der Waals surface area contributed by atoms with Gasteiger partial charge in [0.2, 0.25) is 5.95 Å². The standard InChI is InChI=1S/C39H44FN7O4/c1-22-26-9-8-16-50-34(26)29(40)18-27(22)33-28-19-31(46(7)36(28)44-23(2)32(33)35(37(48)49)51-39(3,4)5)24-10-11-41-30(17-24)25-20-42-38(43-21-25)47-14-12-45(6)13-15-47/h10-11,17-21,35H,8-9,12-16H2,1-7H3,(H,48,49)/t35-/m0/s1. The number of nitrogens with zero attached hydrogens (tertiary/aromatic N) is 7. The Morgan fingerprint density at radius 1 is 1.02 bits per heavy atom. The van der Waals surface area contributed by atoms with Crippen LogP contribution in [0, 0.1) is 19.7 Å². The maximum Gasteiger partial charge on any atom is 0.337 e. The number of carbonyl (C=O) groups is 1. The van der Waals surface area contributed by atoms with E-state index in [9.17, 15) is 9.90 Å². The number of pyridine rings is 2. The van der Waals surface area contributed by atoms with Crippen molar-refractivity contribution in [3.8, 4) is 39.4 Å². The second-order valence-corrected chi connectivity index (χ2v) is 14.5. The molecule has 2 aliphatic heterocycles. The van der Waals surface area contributed by atoms with E-state index in [4.69, 9.17) is 14.5 Å². The highest BCUT2D eigenvalue weighted by Gasteiger charge is 2.34. The summed E-state index contributed by atoms with van der Waals surface area (Å²) in [6.45, 7) is 13.3. The lowest BCUT2D eigenvalue weighted by molar-refractivity contribution is -0.160. The van der Waals surface area contributed by atoms with Gasteiger partial charge in [-0.05, 0) is 89.9 Å². The number of aliphatic carboxylic acids is 1. The van der Waals surface area contributed by atoms with Crippen LogP contribution in [0.1, 0.15) is 55.7 Å². The molecule has 1 atom stereocenters. The number of likely N-dealkylation sites (N-methyl/N-ethyl adjacent to an activating group) is 1. The van der Waals surface area contributed by atoms with Crippen LogP contribution in [0.25, 0.3) is 44.7 Å². The molecule has 1 aromatic carbocycles. The number of rotatable bonds is 7. The van der Waals surface area contributed by atoms with Crippen molar-refractivity contribution in [2.75, 3.05) is 44.7 Å². The predicted octanol–water partition coefficient (Wildman–Crippen LogP) is 6.53. The summed E-state index contributed by atoms with van der Waals surface area (Å²) in [7, 11) is 4.04. The molecular weight excluding hydrogens is 649 g/mol. The quantitative estimate of drug-likeness (QED) is 0.202. The Kier molecular flexibility index (Phi) is 9.01. The molecule has 5 aromatic rings. The van der Waals surface area contributed by atoms with E-state index >= 15 is 4.39 Å². The number of aromatic nitrogens is 5. The van der Waals surface area contributed by atoms with Crippen LogP contribution >= 0.6 is 0 Å². The summed E-state index contributed by atoms with van der Waals surface area (Å²) in [4.78, 5) is 36.4. The molecular formula is C39H44FN7O4. The predicted molar refractivity (Wildman–Crippen MR) is 195 cm³/mol. The van der Waals surface area contributed by atoms with Gasteiger partial charge in [0.05, 0.1) is 23.6 Å². The fourth-order valence-electron chi connectivity index (χ4n) is 7.22. The average Bonchev–Trinajstić information content (AvgIpc) is 3.43. The van der Waals surface area contributed by atoms with Crippen molar-refractivity contribution in [3.63, 3.8) is 0 Å². The Morgan fingerprint density at radius 3 is 2.43 bits per heavy atom. The molecule has 0 unspecified atom stereocenters.